The molecule has 1 unspecified atom stereocenters. The van der Waals surface area contributed by atoms with E-state index in [-0.39, 0.29) is 12.6 Å². The van der Waals surface area contributed by atoms with Gasteiger partial charge < -0.3 is 15.0 Å². The van der Waals surface area contributed by atoms with Crippen LogP contribution in [0.15, 0.2) is 36.7 Å². The number of anilines is 1. The topological polar surface area (TPSA) is 75.9 Å². The number of aliphatic hydroxyl groups is 1. The van der Waals surface area contributed by atoms with E-state index in [2.05, 4.69) is 31.8 Å². The molecule has 0 bridgehead atoms. The van der Waals surface area contributed by atoms with E-state index in [9.17, 15) is 5.11 Å². The average molecular weight is 353 g/mol. The fourth-order valence-corrected chi connectivity index (χ4v) is 3.21. The molecule has 0 aliphatic carbocycles. The van der Waals surface area contributed by atoms with Crippen molar-refractivity contribution >= 4 is 16.9 Å². The van der Waals surface area contributed by atoms with Crippen molar-refractivity contribution in [1.29, 1.82) is 0 Å². The highest BCUT2D eigenvalue weighted by Crippen LogP contribution is 2.24. The molecule has 1 atom stereocenters. The smallest absolute Gasteiger partial charge is 0.154 e. The predicted octanol–water partition coefficient (Wildman–Crippen LogP) is 3.54. The van der Waals surface area contributed by atoms with Crippen LogP contribution in [0.1, 0.15) is 44.1 Å². The van der Waals surface area contributed by atoms with Gasteiger partial charge in [-0.15, -0.1) is 0 Å². The summed E-state index contributed by atoms with van der Waals surface area (Å²) in [6.45, 7) is 4.93. The van der Waals surface area contributed by atoms with Gasteiger partial charge in [0, 0.05) is 25.0 Å². The van der Waals surface area contributed by atoms with Gasteiger partial charge in [-0.1, -0.05) is 25.8 Å². The summed E-state index contributed by atoms with van der Waals surface area (Å²) in [5.74, 6) is 1.58. The first-order valence-electron chi connectivity index (χ1n) is 9.32. The van der Waals surface area contributed by atoms with Gasteiger partial charge in [0.15, 0.2) is 5.82 Å². The molecule has 0 spiro atoms. The average Bonchev–Trinajstić information content (AvgIpc) is 3.03. The lowest BCUT2D eigenvalue weighted by atomic mass is 10.1. The van der Waals surface area contributed by atoms with E-state index in [1.165, 1.54) is 0 Å². The summed E-state index contributed by atoms with van der Waals surface area (Å²) in [5, 5.41) is 13.0. The van der Waals surface area contributed by atoms with Crippen LogP contribution in [0.4, 0.5) is 5.82 Å². The van der Waals surface area contributed by atoms with Crippen LogP contribution in [0.3, 0.4) is 0 Å². The zero-order valence-corrected chi connectivity index (χ0v) is 15.5. The van der Waals surface area contributed by atoms with Crippen LogP contribution in [-0.2, 0) is 6.54 Å². The lowest BCUT2D eigenvalue weighted by molar-refractivity contribution is 0.276. The number of aryl methyl sites for hydroxylation is 1. The number of aromatic nitrogens is 4. The van der Waals surface area contributed by atoms with Crippen LogP contribution < -0.4 is 5.32 Å². The predicted molar refractivity (Wildman–Crippen MR) is 104 cm³/mol. The number of pyridine rings is 1. The third-order valence-corrected chi connectivity index (χ3v) is 4.51. The van der Waals surface area contributed by atoms with Crippen LogP contribution in [0, 0.1) is 6.92 Å². The van der Waals surface area contributed by atoms with Crippen LogP contribution in [0.5, 0.6) is 0 Å². The highest BCUT2D eigenvalue weighted by atomic mass is 16.3. The minimum absolute atomic E-state index is 0.170. The molecule has 0 saturated heterocycles. The monoisotopic (exact) mass is 353 g/mol. The fraction of sp³-hybridized carbons (Fsp3) is 0.450. The number of nitrogens with zero attached hydrogens (tertiary/aromatic N) is 4. The number of hydrogen-bond acceptors (Lipinski definition) is 5. The molecule has 3 rings (SSSR count). The Kier molecular flexibility index (Phi) is 6.17. The third kappa shape index (κ3) is 4.38. The van der Waals surface area contributed by atoms with Crippen molar-refractivity contribution in [3.8, 4) is 0 Å². The fourth-order valence-electron chi connectivity index (χ4n) is 3.21. The van der Waals surface area contributed by atoms with E-state index in [1.54, 1.807) is 0 Å². The van der Waals surface area contributed by atoms with Crippen molar-refractivity contribution in [2.24, 2.45) is 0 Å². The van der Waals surface area contributed by atoms with Crippen molar-refractivity contribution in [2.45, 2.75) is 52.1 Å². The van der Waals surface area contributed by atoms with Gasteiger partial charge >= 0.3 is 0 Å². The van der Waals surface area contributed by atoms with Crippen molar-refractivity contribution in [3.05, 3.63) is 48.2 Å². The number of hydrogen-bond donors (Lipinski definition) is 2. The zero-order chi connectivity index (χ0) is 18.4. The number of unbranched alkanes of at least 4 members (excludes halogenated alkanes) is 1. The van der Waals surface area contributed by atoms with Gasteiger partial charge in [-0.05, 0) is 38.0 Å². The third-order valence-electron chi connectivity index (χ3n) is 4.51. The first-order chi connectivity index (χ1) is 12.7. The van der Waals surface area contributed by atoms with E-state index < -0.39 is 0 Å². The Bertz CT molecular complexity index is 831. The quantitative estimate of drug-likeness (QED) is 0.615. The molecule has 0 aliphatic rings. The van der Waals surface area contributed by atoms with Crippen molar-refractivity contribution < 1.29 is 5.11 Å². The molecule has 0 aromatic carbocycles. The molecule has 0 amide bonds. The van der Waals surface area contributed by atoms with Gasteiger partial charge in [0.1, 0.15) is 11.3 Å². The molecular weight excluding hydrogens is 326 g/mol. The standard InChI is InChI=1S/C20H27N5O/c1-3-4-7-16(10-13-26)24-20-19-18(22-15(2)23-20)9-12-25(19)14-17-8-5-6-11-21-17/h5-6,8-9,11-12,16,26H,3-4,7,10,13-14H2,1-2H3,(H,22,23,24). The lowest BCUT2D eigenvalue weighted by Crippen LogP contribution is -2.22. The summed E-state index contributed by atoms with van der Waals surface area (Å²) in [7, 11) is 0. The first-order valence-corrected chi connectivity index (χ1v) is 9.32. The van der Waals surface area contributed by atoms with E-state index in [1.807, 2.05) is 43.6 Å². The molecule has 26 heavy (non-hydrogen) atoms. The normalized spacial score (nSPS) is 12.4. The summed E-state index contributed by atoms with van der Waals surface area (Å²) in [6, 6.07) is 8.16. The summed E-state index contributed by atoms with van der Waals surface area (Å²) < 4.78 is 2.13. The Morgan fingerprint density at radius 3 is 2.81 bits per heavy atom. The largest absolute Gasteiger partial charge is 0.396 e. The number of aliphatic hydroxyl groups excluding tert-OH is 1. The maximum Gasteiger partial charge on any atom is 0.154 e. The van der Waals surface area contributed by atoms with E-state index in [0.29, 0.717) is 13.0 Å². The minimum atomic E-state index is 0.170. The second kappa shape index (κ2) is 8.76. The molecule has 138 valence electrons. The Morgan fingerprint density at radius 1 is 1.19 bits per heavy atom. The molecule has 6 heteroatoms. The molecule has 3 heterocycles. The van der Waals surface area contributed by atoms with Crippen LogP contribution in [-0.4, -0.2) is 37.3 Å². The van der Waals surface area contributed by atoms with Gasteiger partial charge in [-0.2, -0.15) is 0 Å². The highest BCUT2D eigenvalue weighted by molar-refractivity contribution is 5.86. The van der Waals surface area contributed by atoms with Gasteiger partial charge in [0.05, 0.1) is 17.8 Å². The Labute approximate surface area is 154 Å². The maximum atomic E-state index is 9.41. The van der Waals surface area contributed by atoms with Crippen LogP contribution in [0.2, 0.25) is 0 Å². The Hall–Kier alpha value is -2.47. The molecule has 6 nitrogen and oxygen atoms in total. The minimum Gasteiger partial charge on any atom is -0.396 e. The van der Waals surface area contributed by atoms with Crippen LogP contribution in [0.25, 0.3) is 11.0 Å². The van der Waals surface area contributed by atoms with Crippen molar-refractivity contribution in [3.63, 3.8) is 0 Å². The van der Waals surface area contributed by atoms with Gasteiger partial charge in [-0.3, -0.25) is 4.98 Å². The molecule has 0 radical (unpaired) electrons. The molecule has 3 aromatic heterocycles. The Balaban J connectivity index is 1.93. The molecule has 3 aromatic rings. The molecule has 0 fully saturated rings. The van der Waals surface area contributed by atoms with E-state index in [0.717, 1.165) is 47.6 Å². The SMILES string of the molecule is CCCCC(CCO)Nc1nc(C)nc2ccn(Cc3ccccn3)c12. The van der Waals surface area contributed by atoms with E-state index in [4.69, 9.17) is 0 Å². The first kappa shape index (κ1) is 18.3. The second-order valence-corrected chi connectivity index (χ2v) is 6.61. The number of fused-ring (bicyclic) bond motifs is 1. The zero-order valence-electron chi connectivity index (χ0n) is 15.5. The summed E-state index contributed by atoms with van der Waals surface area (Å²) in [4.78, 5) is 13.7. The van der Waals surface area contributed by atoms with Crippen LogP contribution >= 0.6 is 0 Å². The molecule has 2 N–H and O–H groups in total. The van der Waals surface area contributed by atoms with Gasteiger partial charge in [0.25, 0.3) is 0 Å². The Morgan fingerprint density at radius 2 is 2.08 bits per heavy atom. The summed E-state index contributed by atoms with van der Waals surface area (Å²) >= 11 is 0. The summed E-state index contributed by atoms with van der Waals surface area (Å²) in [6.07, 6.45) is 7.83. The maximum absolute atomic E-state index is 9.41. The second-order valence-electron chi connectivity index (χ2n) is 6.61. The van der Waals surface area contributed by atoms with Gasteiger partial charge in [0.2, 0.25) is 0 Å². The number of rotatable bonds is 9. The molecule has 0 saturated carbocycles. The summed E-state index contributed by atoms with van der Waals surface area (Å²) in [5.41, 5.74) is 2.91. The molecular formula is C20H27N5O. The van der Waals surface area contributed by atoms with Crippen molar-refractivity contribution in [1.82, 2.24) is 19.5 Å². The number of nitrogens with one attached hydrogen (secondary N) is 1. The van der Waals surface area contributed by atoms with E-state index >= 15 is 0 Å². The highest BCUT2D eigenvalue weighted by Gasteiger charge is 2.15. The van der Waals surface area contributed by atoms with Crippen molar-refractivity contribution in [2.75, 3.05) is 11.9 Å². The molecule has 0 aliphatic heterocycles. The van der Waals surface area contributed by atoms with Gasteiger partial charge in [-0.25, -0.2) is 9.97 Å². The lowest BCUT2D eigenvalue weighted by Gasteiger charge is -2.20.